The molecule has 0 amide bonds. The van der Waals surface area contributed by atoms with Gasteiger partial charge in [0, 0.05) is 0 Å². The molecular formula is C24H26OSn. The van der Waals surface area contributed by atoms with Crippen molar-refractivity contribution >= 4 is 29.1 Å². The predicted octanol–water partition coefficient (Wildman–Crippen LogP) is 3.27. The second-order valence-corrected chi connectivity index (χ2v) is 18.0. The topological polar surface area (TPSA) is 20.2 Å². The van der Waals surface area contributed by atoms with Gasteiger partial charge in [-0.05, 0) is 0 Å². The van der Waals surface area contributed by atoms with E-state index < -0.39 is 18.4 Å². The molecule has 3 aromatic rings. The van der Waals surface area contributed by atoms with Crippen LogP contribution in [0.1, 0.15) is 13.8 Å². The van der Waals surface area contributed by atoms with Crippen LogP contribution in [0.5, 0.6) is 0 Å². The fourth-order valence-corrected chi connectivity index (χ4v) is 18.1. The van der Waals surface area contributed by atoms with E-state index in [1.54, 1.807) is 0 Å². The molecule has 0 unspecified atom stereocenters. The first-order valence-corrected chi connectivity index (χ1v) is 14.9. The van der Waals surface area contributed by atoms with Crippen molar-refractivity contribution < 1.29 is 5.11 Å². The molecule has 0 atom stereocenters. The fourth-order valence-electron chi connectivity index (χ4n) is 3.82. The van der Waals surface area contributed by atoms with Gasteiger partial charge in [0.25, 0.3) is 0 Å². The molecule has 3 rings (SSSR count). The van der Waals surface area contributed by atoms with Crippen molar-refractivity contribution in [1.82, 2.24) is 0 Å². The van der Waals surface area contributed by atoms with Gasteiger partial charge < -0.3 is 0 Å². The number of hydrogen-bond donors (Lipinski definition) is 1. The third-order valence-electron chi connectivity index (χ3n) is 4.81. The summed E-state index contributed by atoms with van der Waals surface area (Å²) < 4.78 is 5.35. The summed E-state index contributed by atoms with van der Waals surface area (Å²) in [6.45, 7) is 4.48. The van der Waals surface area contributed by atoms with Crippen molar-refractivity contribution in [2.75, 3.05) is 6.61 Å². The first kappa shape index (κ1) is 18.9. The van der Waals surface area contributed by atoms with Gasteiger partial charge in [0.1, 0.15) is 0 Å². The summed E-state index contributed by atoms with van der Waals surface area (Å²) in [5.41, 5.74) is 0. The Morgan fingerprint density at radius 3 is 1.35 bits per heavy atom. The molecule has 0 saturated heterocycles. The van der Waals surface area contributed by atoms with Crippen LogP contribution in [0.25, 0.3) is 0 Å². The summed E-state index contributed by atoms with van der Waals surface area (Å²) >= 11 is -3.53. The van der Waals surface area contributed by atoms with Crippen molar-refractivity contribution in [1.29, 1.82) is 0 Å². The van der Waals surface area contributed by atoms with Gasteiger partial charge in [-0.3, -0.25) is 0 Å². The van der Waals surface area contributed by atoms with Crippen LogP contribution in [-0.2, 0) is 0 Å². The SMILES string of the molecule is CC(C)/C=[C](\CO)[Sn]([c]1ccccc1)([c]1ccccc1)[c]1ccccc1. The molecule has 132 valence electrons. The first-order valence-electron chi connectivity index (χ1n) is 9.18. The van der Waals surface area contributed by atoms with Crippen LogP contribution < -0.4 is 10.7 Å². The zero-order chi connectivity index (χ0) is 18.4. The summed E-state index contributed by atoms with van der Waals surface area (Å²) in [6.07, 6.45) is 2.29. The molecule has 0 aliphatic carbocycles. The molecule has 0 aliphatic heterocycles. The molecule has 0 fully saturated rings. The molecule has 3 aromatic carbocycles. The van der Waals surface area contributed by atoms with Crippen molar-refractivity contribution in [2.45, 2.75) is 13.8 Å². The Labute approximate surface area is 160 Å². The van der Waals surface area contributed by atoms with Gasteiger partial charge >= 0.3 is 161 Å². The van der Waals surface area contributed by atoms with Gasteiger partial charge in [0.15, 0.2) is 0 Å². The van der Waals surface area contributed by atoms with Gasteiger partial charge in [-0.1, -0.05) is 0 Å². The Morgan fingerprint density at radius 2 is 1.08 bits per heavy atom. The van der Waals surface area contributed by atoms with E-state index in [4.69, 9.17) is 0 Å². The van der Waals surface area contributed by atoms with Crippen LogP contribution in [0.4, 0.5) is 0 Å². The van der Waals surface area contributed by atoms with E-state index in [9.17, 15) is 5.11 Å². The average molecular weight is 449 g/mol. The minimum atomic E-state index is -3.53. The van der Waals surface area contributed by atoms with Gasteiger partial charge in [0.2, 0.25) is 0 Å². The molecule has 1 N–H and O–H groups in total. The van der Waals surface area contributed by atoms with E-state index in [-0.39, 0.29) is 6.61 Å². The van der Waals surface area contributed by atoms with E-state index in [0.29, 0.717) is 5.92 Å². The normalized spacial score (nSPS) is 12.4. The summed E-state index contributed by atoms with van der Waals surface area (Å²) in [5.74, 6) is 0.393. The van der Waals surface area contributed by atoms with Gasteiger partial charge in [-0.2, -0.15) is 0 Å². The molecule has 0 bridgehead atoms. The molecule has 0 saturated carbocycles. The van der Waals surface area contributed by atoms with E-state index in [0.717, 1.165) is 0 Å². The van der Waals surface area contributed by atoms with E-state index in [1.807, 2.05) is 0 Å². The number of allylic oxidation sites excluding steroid dienone is 1. The summed E-state index contributed by atoms with van der Waals surface area (Å²) in [7, 11) is 0. The molecule has 0 spiro atoms. The zero-order valence-electron chi connectivity index (χ0n) is 15.5. The Hall–Kier alpha value is -1.84. The molecule has 1 nitrogen and oxygen atoms in total. The van der Waals surface area contributed by atoms with E-state index in [2.05, 4.69) is 111 Å². The minimum absolute atomic E-state index is 0.104. The third kappa shape index (κ3) is 3.65. The summed E-state index contributed by atoms with van der Waals surface area (Å²) in [6, 6.07) is 32.4. The van der Waals surface area contributed by atoms with E-state index in [1.165, 1.54) is 14.3 Å². The van der Waals surface area contributed by atoms with Gasteiger partial charge in [0.05, 0.1) is 0 Å². The molecule has 26 heavy (non-hydrogen) atoms. The van der Waals surface area contributed by atoms with Crippen LogP contribution in [0.2, 0.25) is 0 Å². The Bertz CT molecular complexity index is 742. The predicted molar refractivity (Wildman–Crippen MR) is 114 cm³/mol. The molecule has 0 heterocycles. The quantitative estimate of drug-likeness (QED) is 0.574. The Kier molecular flexibility index (Phi) is 6.33. The molecular weight excluding hydrogens is 423 g/mol. The number of rotatable bonds is 6. The third-order valence-corrected chi connectivity index (χ3v) is 18.8. The second-order valence-electron chi connectivity index (χ2n) is 6.94. The molecule has 0 aliphatic rings. The van der Waals surface area contributed by atoms with Crippen LogP contribution in [-0.4, -0.2) is 30.1 Å². The van der Waals surface area contributed by atoms with Crippen molar-refractivity contribution in [3.8, 4) is 0 Å². The number of aliphatic hydroxyl groups is 1. The van der Waals surface area contributed by atoms with Crippen LogP contribution in [0.15, 0.2) is 101 Å². The fraction of sp³-hybridized carbons (Fsp3) is 0.167. The Morgan fingerprint density at radius 1 is 0.731 bits per heavy atom. The van der Waals surface area contributed by atoms with Crippen molar-refractivity contribution in [3.63, 3.8) is 0 Å². The Balaban J connectivity index is 2.43. The molecule has 2 heteroatoms. The number of benzene rings is 3. The van der Waals surface area contributed by atoms with Crippen molar-refractivity contribution in [3.05, 3.63) is 101 Å². The number of aliphatic hydroxyl groups excluding tert-OH is 1. The monoisotopic (exact) mass is 450 g/mol. The van der Waals surface area contributed by atoms with Crippen LogP contribution in [0.3, 0.4) is 0 Å². The average Bonchev–Trinajstić information content (AvgIpc) is 2.70. The maximum atomic E-state index is 10.5. The summed E-state index contributed by atoms with van der Waals surface area (Å²) in [5, 5.41) is 10.5. The molecule has 0 aromatic heterocycles. The first-order chi connectivity index (χ1) is 12.7. The van der Waals surface area contributed by atoms with Crippen molar-refractivity contribution in [2.24, 2.45) is 5.92 Å². The molecule has 0 radical (unpaired) electrons. The standard InChI is InChI=1S/C6H11O.3C6H5.Sn/c1-6(2)4-3-5-7;3*1-2-4-6-5-3-1;/h4,6-7H,5H2,1-2H3;3*1-5H;. The number of hydrogen-bond acceptors (Lipinski definition) is 1. The zero-order valence-corrected chi connectivity index (χ0v) is 18.3. The second kappa shape index (κ2) is 8.70. The van der Waals surface area contributed by atoms with Gasteiger partial charge in [-0.15, -0.1) is 0 Å². The van der Waals surface area contributed by atoms with E-state index >= 15 is 0 Å². The van der Waals surface area contributed by atoms with Crippen LogP contribution in [0, 0.1) is 5.92 Å². The van der Waals surface area contributed by atoms with Crippen LogP contribution >= 0.6 is 0 Å². The summed E-state index contributed by atoms with van der Waals surface area (Å²) in [4.78, 5) is 0. The van der Waals surface area contributed by atoms with Gasteiger partial charge in [-0.25, -0.2) is 0 Å². The maximum absolute atomic E-state index is 10.5.